The molecule has 0 spiro atoms. The van der Waals surface area contributed by atoms with E-state index in [9.17, 15) is 4.79 Å². The van der Waals surface area contributed by atoms with Crippen LogP contribution in [0, 0.1) is 0 Å². The molecule has 1 aliphatic heterocycles. The Hall–Kier alpha value is -2.70. The van der Waals surface area contributed by atoms with Gasteiger partial charge in [0.05, 0.1) is 25.9 Å². The van der Waals surface area contributed by atoms with Gasteiger partial charge in [0.1, 0.15) is 11.4 Å². The Morgan fingerprint density at radius 2 is 1.76 bits per heavy atom. The molecule has 150 valence electrons. The number of amides is 1. The largest absolute Gasteiger partial charge is 0.497 e. The number of hydrogen-bond donors (Lipinski definition) is 0. The van der Waals surface area contributed by atoms with Crippen LogP contribution in [-0.4, -0.2) is 36.4 Å². The Morgan fingerprint density at radius 1 is 1.07 bits per heavy atom. The predicted octanol–water partition coefficient (Wildman–Crippen LogP) is 4.50. The maximum atomic E-state index is 13.0. The molecule has 3 aromatic rings. The van der Waals surface area contributed by atoms with Gasteiger partial charge in [-0.3, -0.25) is 9.48 Å². The zero-order chi connectivity index (χ0) is 20.5. The Labute approximate surface area is 179 Å². The van der Waals surface area contributed by atoms with Crippen molar-refractivity contribution in [2.24, 2.45) is 0 Å². The molecule has 0 saturated carbocycles. The van der Waals surface area contributed by atoms with Crippen molar-refractivity contribution in [3.63, 3.8) is 0 Å². The van der Waals surface area contributed by atoms with Gasteiger partial charge in [0.2, 0.25) is 0 Å². The van der Waals surface area contributed by atoms with Gasteiger partial charge in [0.15, 0.2) is 0 Å². The average Bonchev–Trinajstić information content (AvgIpc) is 3.11. The number of carbonyl (C=O) groups is 1. The second kappa shape index (κ2) is 7.97. The lowest BCUT2D eigenvalue weighted by atomic mass is 10.2. The van der Waals surface area contributed by atoms with E-state index in [1.807, 2.05) is 37.4 Å². The highest BCUT2D eigenvalue weighted by Crippen LogP contribution is 2.28. The molecule has 2 aromatic carbocycles. The first-order valence-corrected chi connectivity index (χ1v) is 9.90. The van der Waals surface area contributed by atoms with Gasteiger partial charge in [-0.1, -0.05) is 23.2 Å². The van der Waals surface area contributed by atoms with Crippen LogP contribution in [0.5, 0.6) is 5.75 Å². The molecule has 8 heteroatoms. The minimum Gasteiger partial charge on any atom is -0.497 e. The van der Waals surface area contributed by atoms with Gasteiger partial charge in [-0.15, -0.1) is 0 Å². The van der Waals surface area contributed by atoms with E-state index in [0.29, 0.717) is 41.1 Å². The van der Waals surface area contributed by atoms with Gasteiger partial charge in [0.25, 0.3) is 5.91 Å². The molecular formula is C21H20Cl2N4O2. The van der Waals surface area contributed by atoms with Crippen LogP contribution in [0.2, 0.25) is 10.0 Å². The zero-order valence-corrected chi connectivity index (χ0v) is 17.6. The topological polar surface area (TPSA) is 50.6 Å². The summed E-state index contributed by atoms with van der Waals surface area (Å²) in [5, 5.41) is 5.62. The summed E-state index contributed by atoms with van der Waals surface area (Å²) < 4.78 is 6.97. The van der Waals surface area contributed by atoms with Crippen LogP contribution in [0.25, 0.3) is 0 Å². The highest BCUT2D eigenvalue weighted by atomic mass is 35.5. The molecule has 0 saturated heterocycles. The standard InChI is InChI=1S/C21H20Cl2N4O2/c1-25(17-3-5-19(29-2)6-4-17)13-16-12-20-21(28)26(7-8-27(20)24-16)18-10-14(22)9-15(23)11-18/h3-6,9-12H,7-8,13H2,1-2H3. The molecule has 1 aromatic heterocycles. The number of rotatable bonds is 5. The number of ether oxygens (including phenoxy) is 1. The summed E-state index contributed by atoms with van der Waals surface area (Å²) in [5.41, 5.74) is 3.12. The maximum Gasteiger partial charge on any atom is 0.276 e. The highest BCUT2D eigenvalue weighted by molar-refractivity contribution is 6.35. The van der Waals surface area contributed by atoms with Gasteiger partial charge in [0, 0.05) is 35.0 Å². The predicted molar refractivity (Wildman–Crippen MR) is 115 cm³/mol. The van der Waals surface area contributed by atoms with Gasteiger partial charge in [-0.2, -0.15) is 5.10 Å². The van der Waals surface area contributed by atoms with Crippen LogP contribution >= 0.6 is 23.2 Å². The molecule has 0 atom stereocenters. The molecule has 0 aliphatic carbocycles. The second-order valence-corrected chi connectivity index (χ2v) is 7.76. The third-order valence-electron chi connectivity index (χ3n) is 4.90. The quantitative estimate of drug-likeness (QED) is 0.597. The van der Waals surface area contributed by atoms with Crippen molar-refractivity contribution in [1.29, 1.82) is 0 Å². The number of nitrogens with zero attached hydrogens (tertiary/aromatic N) is 4. The van der Waals surface area contributed by atoms with E-state index in [2.05, 4.69) is 10.00 Å². The molecule has 29 heavy (non-hydrogen) atoms. The van der Waals surface area contributed by atoms with Crippen LogP contribution in [0.4, 0.5) is 11.4 Å². The fourth-order valence-corrected chi connectivity index (χ4v) is 3.95. The molecular weight excluding hydrogens is 411 g/mol. The van der Waals surface area contributed by atoms with E-state index in [0.717, 1.165) is 17.1 Å². The molecule has 4 rings (SSSR count). The summed E-state index contributed by atoms with van der Waals surface area (Å²) in [6.45, 7) is 1.71. The van der Waals surface area contributed by atoms with E-state index >= 15 is 0 Å². The fraction of sp³-hybridized carbons (Fsp3) is 0.238. The van der Waals surface area contributed by atoms with Crippen molar-refractivity contribution in [2.75, 3.05) is 30.5 Å². The van der Waals surface area contributed by atoms with Crippen molar-refractivity contribution in [1.82, 2.24) is 9.78 Å². The van der Waals surface area contributed by atoms with E-state index < -0.39 is 0 Å². The maximum absolute atomic E-state index is 13.0. The summed E-state index contributed by atoms with van der Waals surface area (Å²) >= 11 is 12.2. The van der Waals surface area contributed by atoms with Crippen molar-refractivity contribution >= 4 is 40.5 Å². The number of anilines is 2. The van der Waals surface area contributed by atoms with E-state index in [1.54, 1.807) is 34.9 Å². The van der Waals surface area contributed by atoms with Crippen molar-refractivity contribution in [3.8, 4) is 5.75 Å². The molecule has 0 bridgehead atoms. The molecule has 1 amide bonds. The van der Waals surface area contributed by atoms with Crippen molar-refractivity contribution < 1.29 is 9.53 Å². The Kier molecular flexibility index (Phi) is 5.39. The molecule has 0 radical (unpaired) electrons. The molecule has 0 unspecified atom stereocenters. The first kappa shape index (κ1) is 19.6. The van der Waals surface area contributed by atoms with Gasteiger partial charge < -0.3 is 14.5 Å². The van der Waals surface area contributed by atoms with Crippen LogP contribution in [0.15, 0.2) is 48.5 Å². The van der Waals surface area contributed by atoms with Crippen LogP contribution < -0.4 is 14.5 Å². The van der Waals surface area contributed by atoms with E-state index in [-0.39, 0.29) is 5.91 Å². The normalized spacial score (nSPS) is 13.4. The number of aromatic nitrogens is 2. The number of fused-ring (bicyclic) bond motifs is 1. The molecule has 0 fully saturated rings. The monoisotopic (exact) mass is 430 g/mol. The Bertz CT molecular complexity index is 1030. The number of benzene rings is 2. The lowest BCUT2D eigenvalue weighted by Crippen LogP contribution is -2.40. The molecule has 1 aliphatic rings. The van der Waals surface area contributed by atoms with E-state index in [4.69, 9.17) is 27.9 Å². The molecule has 6 nitrogen and oxygen atoms in total. The summed E-state index contributed by atoms with van der Waals surface area (Å²) in [5.74, 6) is 0.701. The number of hydrogen-bond acceptors (Lipinski definition) is 4. The first-order chi connectivity index (χ1) is 13.9. The van der Waals surface area contributed by atoms with Crippen molar-refractivity contribution in [3.05, 3.63) is 70.0 Å². The fourth-order valence-electron chi connectivity index (χ4n) is 3.44. The Balaban J connectivity index is 1.53. The minimum absolute atomic E-state index is 0.111. The second-order valence-electron chi connectivity index (χ2n) is 6.88. The lowest BCUT2D eigenvalue weighted by Gasteiger charge is -2.27. The summed E-state index contributed by atoms with van der Waals surface area (Å²) in [4.78, 5) is 16.8. The Morgan fingerprint density at radius 3 is 2.41 bits per heavy atom. The SMILES string of the molecule is COc1ccc(N(C)Cc2cc3n(n2)CCN(c2cc(Cl)cc(Cl)c2)C3=O)cc1. The van der Waals surface area contributed by atoms with Gasteiger partial charge >= 0.3 is 0 Å². The number of methoxy groups -OCH3 is 1. The zero-order valence-electron chi connectivity index (χ0n) is 16.1. The summed E-state index contributed by atoms with van der Waals surface area (Å²) in [6, 6.07) is 14.8. The number of carbonyl (C=O) groups excluding carboxylic acids is 1. The van der Waals surface area contributed by atoms with Crippen LogP contribution in [-0.2, 0) is 13.1 Å². The smallest absolute Gasteiger partial charge is 0.276 e. The van der Waals surface area contributed by atoms with E-state index in [1.165, 1.54) is 0 Å². The van der Waals surface area contributed by atoms with Gasteiger partial charge in [-0.25, -0.2) is 0 Å². The minimum atomic E-state index is -0.111. The van der Waals surface area contributed by atoms with Crippen LogP contribution in [0.3, 0.4) is 0 Å². The first-order valence-electron chi connectivity index (χ1n) is 9.14. The summed E-state index contributed by atoms with van der Waals surface area (Å²) in [7, 11) is 3.63. The lowest BCUT2D eigenvalue weighted by molar-refractivity contribution is 0.0962. The van der Waals surface area contributed by atoms with Gasteiger partial charge in [-0.05, 0) is 48.5 Å². The molecule has 2 heterocycles. The van der Waals surface area contributed by atoms with Crippen molar-refractivity contribution in [2.45, 2.75) is 13.1 Å². The number of halogens is 2. The average molecular weight is 431 g/mol. The van der Waals surface area contributed by atoms with Crippen LogP contribution in [0.1, 0.15) is 16.2 Å². The third kappa shape index (κ3) is 4.04. The summed E-state index contributed by atoms with van der Waals surface area (Å²) in [6.07, 6.45) is 0. The highest BCUT2D eigenvalue weighted by Gasteiger charge is 2.28. The molecule has 0 N–H and O–H groups in total. The third-order valence-corrected chi connectivity index (χ3v) is 5.34.